The fraction of sp³-hybridized carbons (Fsp3) is 0.353. The van der Waals surface area contributed by atoms with Gasteiger partial charge in [-0.05, 0) is 11.5 Å². The van der Waals surface area contributed by atoms with Gasteiger partial charge in [-0.15, -0.1) is 0 Å². The standard InChI is InChI=1S/C17H20N2O2S/c20-17(19-9-12-22-13-10-19)18-8-11-21-16-7-3-5-14-4-1-2-6-15(14)16/h1-7H,8-13H2,(H,18,20). The number of ether oxygens (including phenoxy) is 1. The summed E-state index contributed by atoms with van der Waals surface area (Å²) >= 11 is 1.90. The number of thioether (sulfide) groups is 1. The Kier molecular flexibility index (Phi) is 5.06. The largest absolute Gasteiger partial charge is 0.491 e. The average molecular weight is 316 g/mol. The second kappa shape index (κ2) is 7.40. The molecule has 22 heavy (non-hydrogen) atoms. The highest BCUT2D eigenvalue weighted by Crippen LogP contribution is 2.24. The summed E-state index contributed by atoms with van der Waals surface area (Å²) in [5.74, 6) is 2.92. The summed E-state index contributed by atoms with van der Waals surface area (Å²) in [5, 5.41) is 5.19. The molecule has 0 saturated carbocycles. The summed E-state index contributed by atoms with van der Waals surface area (Å²) in [7, 11) is 0. The van der Waals surface area contributed by atoms with Crippen LogP contribution < -0.4 is 10.1 Å². The highest BCUT2D eigenvalue weighted by molar-refractivity contribution is 7.99. The number of benzene rings is 2. The summed E-state index contributed by atoms with van der Waals surface area (Å²) in [5.41, 5.74) is 0. The van der Waals surface area contributed by atoms with Crippen LogP contribution in [0.15, 0.2) is 42.5 Å². The predicted molar refractivity (Wildman–Crippen MR) is 91.7 cm³/mol. The van der Waals surface area contributed by atoms with Gasteiger partial charge in [-0.2, -0.15) is 11.8 Å². The Bertz CT molecular complexity index is 636. The van der Waals surface area contributed by atoms with E-state index in [0.29, 0.717) is 13.2 Å². The van der Waals surface area contributed by atoms with E-state index in [1.807, 2.05) is 40.9 Å². The van der Waals surface area contributed by atoms with Gasteiger partial charge in [0.1, 0.15) is 12.4 Å². The fourth-order valence-electron chi connectivity index (χ4n) is 2.52. The molecule has 116 valence electrons. The summed E-state index contributed by atoms with van der Waals surface area (Å²) in [6.45, 7) is 2.66. The zero-order chi connectivity index (χ0) is 15.2. The quantitative estimate of drug-likeness (QED) is 0.882. The topological polar surface area (TPSA) is 41.6 Å². The first-order valence-electron chi connectivity index (χ1n) is 7.56. The van der Waals surface area contributed by atoms with Gasteiger partial charge in [0, 0.05) is 30.0 Å². The lowest BCUT2D eigenvalue weighted by Gasteiger charge is -2.26. The number of fused-ring (bicyclic) bond motifs is 1. The van der Waals surface area contributed by atoms with Crippen LogP contribution in [0.25, 0.3) is 10.8 Å². The van der Waals surface area contributed by atoms with Crippen molar-refractivity contribution in [2.24, 2.45) is 0 Å². The van der Waals surface area contributed by atoms with Crippen LogP contribution in [0.3, 0.4) is 0 Å². The molecule has 4 nitrogen and oxygen atoms in total. The second-order valence-electron chi connectivity index (χ2n) is 5.16. The van der Waals surface area contributed by atoms with Gasteiger partial charge in [0.05, 0.1) is 6.54 Å². The lowest BCUT2D eigenvalue weighted by Crippen LogP contribution is -2.45. The van der Waals surface area contributed by atoms with Gasteiger partial charge in [0.2, 0.25) is 0 Å². The van der Waals surface area contributed by atoms with Gasteiger partial charge >= 0.3 is 6.03 Å². The van der Waals surface area contributed by atoms with E-state index in [2.05, 4.69) is 23.5 Å². The SMILES string of the molecule is O=C(NCCOc1cccc2ccccc12)N1CCSCC1. The molecule has 5 heteroatoms. The smallest absolute Gasteiger partial charge is 0.317 e. The van der Waals surface area contributed by atoms with Crippen LogP contribution in [0.4, 0.5) is 4.79 Å². The molecule has 2 amide bonds. The number of nitrogens with zero attached hydrogens (tertiary/aromatic N) is 1. The van der Waals surface area contributed by atoms with Crippen molar-refractivity contribution in [3.63, 3.8) is 0 Å². The van der Waals surface area contributed by atoms with Crippen LogP contribution in [-0.2, 0) is 0 Å². The molecule has 1 fully saturated rings. The van der Waals surface area contributed by atoms with Crippen molar-refractivity contribution in [1.82, 2.24) is 10.2 Å². The highest BCUT2D eigenvalue weighted by Gasteiger charge is 2.15. The lowest BCUT2D eigenvalue weighted by molar-refractivity contribution is 0.200. The monoisotopic (exact) mass is 316 g/mol. The Morgan fingerprint density at radius 2 is 1.91 bits per heavy atom. The number of nitrogens with one attached hydrogen (secondary N) is 1. The number of carbonyl (C=O) groups is 1. The first-order chi connectivity index (χ1) is 10.8. The van der Waals surface area contributed by atoms with Crippen LogP contribution in [-0.4, -0.2) is 48.7 Å². The third-order valence-corrected chi connectivity index (χ3v) is 4.63. The van der Waals surface area contributed by atoms with Gasteiger partial charge < -0.3 is 15.0 Å². The fourth-order valence-corrected chi connectivity index (χ4v) is 3.42. The lowest BCUT2D eigenvalue weighted by atomic mass is 10.1. The minimum atomic E-state index is 0.0156. The first-order valence-corrected chi connectivity index (χ1v) is 8.71. The molecular weight excluding hydrogens is 296 g/mol. The number of hydrogen-bond acceptors (Lipinski definition) is 3. The molecule has 1 aliphatic rings. The maximum atomic E-state index is 12.0. The Labute approximate surface area is 134 Å². The third-order valence-electron chi connectivity index (χ3n) is 3.68. The second-order valence-corrected chi connectivity index (χ2v) is 6.38. The van der Waals surface area contributed by atoms with Gasteiger partial charge in [-0.3, -0.25) is 0 Å². The molecular formula is C17H20N2O2S. The molecule has 0 bridgehead atoms. The Morgan fingerprint density at radius 1 is 1.14 bits per heavy atom. The minimum absolute atomic E-state index is 0.0156. The Morgan fingerprint density at radius 3 is 2.77 bits per heavy atom. The van der Waals surface area contributed by atoms with Crippen LogP contribution in [0, 0.1) is 0 Å². The molecule has 0 aliphatic carbocycles. The summed E-state index contributed by atoms with van der Waals surface area (Å²) in [6.07, 6.45) is 0. The molecule has 1 N–H and O–H groups in total. The van der Waals surface area contributed by atoms with Gasteiger partial charge in [-0.1, -0.05) is 36.4 Å². The van der Waals surface area contributed by atoms with E-state index in [0.717, 1.165) is 41.1 Å². The molecule has 3 rings (SSSR count). The van der Waals surface area contributed by atoms with E-state index in [1.165, 1.54) is 0 Å². The molecule has 2 aromatic rings. The van der Waals surface area contributed by atoms with Crippen LogP contribution in [0.1, 0.15) is 0 Å². The molecule has 1 heterocycles. The Balaban J connectivity index is 1.49. The predicted octanol–water partition coefficient (Wildman–Crippen LogP) is 2.98. The van der Waals surface area contributed by atoms with Crippen molar-refractivity contribution in [2.45, 2.75) is 0 Å². The van der Waals surface area contributed by atoms with E-state index in [-0.39, 0.29) is 6.03 Å². The van der Waals surface area contributed by atoms with E-state index in [4.69, 9.17) is 4.74 Å². The maximum Gasteiger partial charge on any atom is 0.317 e. The number of amides is 2. The van der Waals surface area contributed by atoms with Crippen molar-refractivity contribution >= 4 is 28.6 Å². The van der Waals surface area contributed by atoms with Crippen molar-refractivity contribution in [3.8, 4) is 5.75 Å². The zero-order valence-corrected chi connectivity index (χ0v) is 13.3. The minimum Gasteiger partial charge on any atom is -0.491 e. The summed E-state index contributed by atoms with van der Waals surface area (Å²) in [4.78, 5) is 13.8. The van der Waals surface area contributed by atoms with Gasteiger partial charge in [-0.25, -0.2) is 4.79 Å². The molecule has 0 radical (unpaired) electrons. The summed E-state index contributed by atoms with van der Waals surface area (Å²) < 4.78 is 5.82. The van der Waals surface area contributed by atoms with Crippen molar-refractivity contribution in [1.29, 1.82) is 0 Å². The van der Waals surface area contributed by atoms with Crippen molar-refractivity contribution in [3.05, 3.63) is 42.5 Å². The van der Waals surface area contributed by atoms with Crippen molar-refractivity contribution in [2.75, 3.05) is 37.7 Å². The van der Waals surface area contributed by atoms with Crippen LogP contribution in [0.5, 0.6) is 5.75 Å². The molecule has 1 saturated heterocycles. The van der Waals surface area contributed by atoms with E-state index in [1.54, 1.807) is 0 Å². The van der Waals surface area contributed by atoms with E-state index < -0.39 is 0 Å². The normalized spacial score (nSPS) is 14.8. The van der Waals surface area contributed by atoms with E-state index >= 15 is 0 Å². The summed E-state index contributed by atoms with van der Waals surface area (Å²) in [6, 6.07) is 14.2. The Hall–Kier alpha value is -1.88. The molecule has 0 aromatic heterocycles. The number of urea groups is 1. The van der Waals surface area contributed by atoms with Crippen molar-refractivity contribution < 1.29 is 9.53 Å². The van der Waals surface area contributed by atoms with Gasteiger partial charge in [0.15, 0.2) is 0 Å². The molecule has 0 atom stereocenters. The number of rotatable bonds is 4. The molecule has 1 aliphatic heterocycles. The number of hydrogen-bond donors (Lipinski definition) is 1. The number of carbonyl (C=O) groups excluding carboxylic acids is 1. The molecule has 0 unspecified atom stereocenters. The third kappa shape index (κ3) is 3.65. The molecule has 2 aromatic carbocycles. The first kappa shape index (κ1) is 15.0. The maximum absolute atomic E-state index is 12.0. The zero-order valence-electron chi connectivity index (χ0n) is 12.5. The van der Waals surface area contributed by atoms with Crippen LogP contribution in [0.2, 0.25) is 0 Å². The average Bonchev–Trinajstić information content (AvgIpc) is 2.59. The highest BCUT2D eigenvalue weighted by atomic mass is 32.2. The van der Waals surface area contributed by atoms with Gasteiger partial charge in [0.25, 0.3) is 0 Å². The molecule has 0 spiro atoms. The van der Waals surface area contributed by atoms with E-state index in [9.17, 15) is 4.79 Å². The van der Waals surface area contributed by atoms with Crippen LogP contribution >= 0.6 is 11.8 Å².